The van der Waals surface area contributed by atoms with E-state index < -0.39 is 6.10 Å². The van der Waals surface area contributed by atoms with E-state index in [1.807, 2.05) is 0 Å². The Hall–Kier alpha value is -1.59. The van der Waals surface area contributed by atoms with Gasteiger partial charge >= 0.3 is 17.9 Å². The molecule has 0 aromatic carbocycles. The number of hydrogen-bond acceptors (Lipinski definition) is 6. The summed E-state index contributed by atoms with van der Waals surface area (Å²) < 4.78 is 16.9. The van der Waals surface area contributed by atoms with Crippen molar-refractivity contribution in [2.45, 2.75) is 323 Å². The maximum absolute atomic E-state index is 12.8. The van der Waals surface area contributed by atoms with Gasteiger partial charge in [-0.3, -0.25) is 14.4 Å². The maximum Gasteiger partial charge on any atom is 0.306 e. The minimum atomic E-state index is -0.763. The van der Waals surface area contributed by atoms with Crippen molar-refractivity contribution < 1.29 is 28.6 Å². The highest BCUT2D eigenvalue weighted by Gasteiger charge is 2.19. The summed E-state index contributed by atoms with van der Waals surface area (Å²) in [6, 6.07) is 0. The average Bonchev–Trinajstić information content (AvgIpc) is 3.27. The molecule has 6 nitrogen and oxygen atoms in total. The molecular formula is C57H110O6. The highest BCUT2D eigenvalue weighted by atomic mass is 16.6. The number of rotatable bonds is 51. The van der Waals surface area contributed by atoms with E-state index in [1.165, 1.54) is 205 Å². The molecule has 0 amide bonds. The Bertz CT molecular complexity index is 964. The van der Waals surface area contributed by atoms with E-state index in [1.54, 1.807) is 0 Å². The fourth-order valence-corrected chi connectivity index (χ4v) is 8.66. The monoisotopic (exact) mass is 891 g/mol. The minimum absolute atomic E-state index is 0.0631. The summed E-state index contributed by atoms with van der Waals surface area (Å²) in [6.45, 7) is 11.4. The van der Waals surface area contributed by atoms with Gasteiger partial charge < -0.3 is 14.2 Å². The zero-order valence-electron chi connectivity index (χ0n) is 43.2. The molecule has 374 valence electrons. The summed E-state index contributed by atoms with van der Waals surface area (Å²) in [5.41, 5.74) is 0. The highest BCUT2D eigenvalue weighted by Crippen LogP contribution is 2.18. The van der Waals surface area contributed by atoms with Gasteiger partial charge in [0.2, 0.25) is 0 Å². The molecule has 0 N–H and O–H groups in total. The van der Waals surface area contributed by atoms with Crippen molar-refractivity contribution in [3.8, 4) is 0 Å². The van der Waals surface area contributed by atoms with Crippen LogP contribution in [0.1, 0.15) is 317 Å². The molecule has 0 aliphatic rings. The van der Waals surface area contributed by atoms with Gasteiger partial charge in [-0.05, 0) is 31.1 Å². The van der Waals surface area contributed by atoms with Crippen LogP contribution < -0.4 is 0 Å². The predicted molar refractivity (Wildman–Crippen MR) is 270 cm³/mol. The van der Waals surface area contributed by atoms with Crippen molar-refractivity contribution in [1.29, 1.82) is 0 Å². The van der Waals surface area contributed by atoms with Crippen molar-refractivity contribution in [3.05, 3.63) is 0 Å². The molecule has 2 atom stereocenters. The zero-order valence-corrected chi connectivity index (χ0v) is 43.2. The summed E-state index contributed by atoms with van der Waals surface area (Å²) in [7, 11) is 0. The minimum Gasteiger partial charge on any atom is -0.462 e. The Morgan fingerprint density at radius 1 is 0.333 bits per heavy atom. The molecule has 0 aliphatic carbocycles. The third-order valence-corrected chi connectivity index (χ3v) is 13.3. The van der Waals surface area contributed by atoms with Crippen LogP contribution in [-0.4, -0.2) is 37.2 Å². The Balaban J connectivity index is 4.29. The van der Waals surface area contributed by atoms with E-state index in [0.717, 1.165) is 69.6 Å². The molecule has 0 bridgehead atoms. The van der Waals surface area contributed by atoms with Gasteiger partial charge in [-0.25, -0.2) is 0 Å². The van der Waals surface area contributed by atoms with Gasteiger partial charge in [0.05, 0.1) is 0 Å². The first kappa shape index (κ1) is 61.4. The molecule has 0 radical (unpaired) electrons. The van der Waals surface area contributed by atoms with Gasteiger partial charge in [-0.15, -0.1) is 0 Å². The SMILES string of the molecule is CCCCCCCCCCCCCCCCCC(=O)OC[C@@H](COC(=O)CCCCCCCCCCC(C)CC)OC(=O)CCCCCCCCCCCCCCCCCC(C)C. The van der Waals surface area contributed by atoms with Crippen LogP contribution in [0.3, 0.4) is 0 Å². The zero-order chi connectivity index (χ0) is 46.1. The molecular weight excluding hydrogens is 781 g/mol. The molecule has 0 spiro atoms. The third-order valence-electron chi connectivity index (χ3n) is 13.3. The molecule has 0 fully saturated rings. The van der Waals surface area contributed by atoms with Gasteiger partial charge in [0.1, 0.15) is 13.2 Å². The molecule has 0 heterocycles. The predicted octanol–water partition coefficient (Wildman–Crippen LogP) is 18.5. The van der Waals surface area contributed by atoms with E-state index >= 15 is 0 Å². The van der Waals surface area contributed by atoms with Crippen LogP contribution in [0.4, 0.5) is 0 Å². The third kappa shape index (κ3) is 49.7. The van der Waals surface area contributed by atoms with Crippen molar-refractivity contribution in [1.82, 2.24) is 0 Å². The van der Waals surface area contributed by atoms with Crippen LogP contribution in [0.25, 0.3) is 0 Å². The first-order chi connectivity index (χ1) is 30.8. The van der Waals surface area contributed by atoms with Crippen LogP contribution in [0.5, 0.6) is 0 Å². The van der Waals surface area contributed by atoms with Gasteiger partial charge in [0.25, 0.3) is 0 Å². The van der Waals surface area contributed by atoms with E-state index in [9.17, 15) is 14.4 Å². The van der Waals surface area contributed by atoms with Crippen LogP contribution in [-0.2, 0) is 28.6 Å². The van der Waals surface area contributed by atoms with Gasteiger partial charge in [0.15, 0.2) is 6.10 Å². The van der Waals surface area contributed by atoms with Gasteiger partial charge in [-0.2, -0.15) is 0 Å². The van der Waals surface area contributed by atoms with Crippen LogP contribution in [0, 0.1) is 11.8 Å². The second-order valence-electron chi connectivity index (χ2n) is 20.3. The maximum atomic E-state index is 12.8. The molecule has 6 heteroatoms. The molecule has 0 aromatic rings. The Morgan fingerprint density at radius 2 is 0.603 bits per heavy atom. The summed E-state index contributed by atoms with van der Waals surface area (Å²) in [6.07, 6.45) is 52.3. The van der Waals surface area contributed by atoms with Crippen LogP contribution >= 0.6 is 0 Å². The standard InChI is InChI=1S/C57H110O6/c1-6-8-9-10-11-12-13-14-16-20-23-26-32-37-42-47-55(58)61-50-54(51-62-56(59)48-43-38-33-29-28-31-36-41-46-53(5)7-2)63-57(60)49-44-39-34-27-24-21-18-15-17-19-22-25-30-35-40-45-52(3)4/h52-54H,6-51H2,1-5H3/t53?,54-/m0/s1. The molecule has 0 rings (SSSR count). The summed E-state index contributed by atoms with van der Waals surface area (Å²) in [5, 5.41) is 0. The lowest BCUT2D eigenvalue weighted by Gasteiger charge is -2.18. The van der Waals surface area contributed by atoms with Crippen molar-refractivity contribution in [2.75, 3.05) is 13.2 Å². The summed E-state index contributed by atoms with van der Waals surface area (Å²) in [4.78, 5) is 38.1. The Morgan fingerprint density at radius 3 is 0.905 bits per heavy atom. The number of ether oxygens (including phenoxy) is 3. The number of hydrogen-bond donors (Lipinski definition) is 0. The number of esters is 3. The van der Waals surface area contributed by atoms with Crippen LogP contribution in [0.2, 0.25) is 0 Å². The molecule has 0 saturated carbocycles. The largest absolute Gasteiger partial charge is 0.462 e. The van der Waals surface area contributed by atoms with Gasteiger partial charge in [0, 0.05) is 19.3 Å². The topological polar surface area (TPSA) is 78.9 Å². The molecule has 1 unspecified atom stereocenters. The average molecular weight is 892 g/mol. The van der Waals surface area contributed by atoms with Gasteiger partial charge in [-0.1, -0.05) is 279 Å². The Labute approximate surface area is 393 Å². The smallest absolute Gasteiger partial charge is 0.306 e. The highest BCUT2D eigenvalue weighted by molar-refractivity contribution is 5.71. The van der Waals surface area contributed by atoms with Crippen molar-refractivity contribution >= 4 is 17.9 Å². The molecule has 0 aromatic heterocycles. The van der Waals surface area contributed by atoms with Crippen molar-refractivity contribution in [2.24, 2.45) is 11.8 Å². The summed E-state index contributed by atoms with van der Waals surface area (Å²) in [5.74, 6) is 0.853. The fraction of sp³-hybridized carbons (Fsp3) is 0.947. The van der Waals surface area contributed by atoms with E-state index in [2.05, 4.69) is 34.6 Å². The lowest BCUT2D eigenvalue weighted by atomic mass is 9.99. The first-order valence-electron chi connectivity index (χ1n) is 28.3. The van der Waals surface area contributed by atoms with E-state index in [-0.39, 0.29) is 31.1 Å². The second-order valence-corrected chi connectivity index (χ2v) is 20.3. The quantitative estimate of drug-likeness (QED) is 0.0344. The number of unbranched alkanes of at least 4 members (excludes halogenated alkanes) is 35. The lowest BCUT2D eigenvalue weighted by Crippen LogP contribution is -2.30. The fourth-order valence-electron chi connectivity index (χ4n) is 8.66. The van der Waals surface area contributed by atoms with Crippen LogP contribution in [0.15, 0.2) is 0 Å². The molecule has 63 heavy (non-hydrogen) atoms. The molecule has 0 aliphatic heterocycles. The number of carbonyl (C=O) groups is 3. The van der Waals surface area contributed by atoms with Crippen molar-refractivity contribution in [3.63, 3.8) is 0 Å². The number of carbonyl (C=O) groups excluding carboxylic acids is 3. The Kier molecular flexibility index (Phi) is 48.6. The first-order valence-corrected chi connectivity index (χ1v) is 28.3. The summed E-state index contributed by atoms with van der Waals surface area (Å²) >= 11 is 0. The van der Waals surface area contributed by atoms with E-state index in [0.29, 0.717) is 19.3 Å². The van der Waals surface area contributed by atoms with E-state index in [4.69, 9.17) is 14.2 Å². The molecule has 0 saturated heterocycles. The second kappa shape index (κ2) is 49.8. The lowest BCUT2D eigenvalue weighted by molar-refractivity contribution is -0.167. The normalized spacial score (nSPS) is 12.5.